The average molecular weight is 193 g/mol. The third kappa shape index (κ3) is 2.56. The number of hydrogen-bond acceptors (Lipinski definition) is 1. The van der Waals surface area contributed by atoms with Gasteiger partial charge < -0.3 is 9.85 Å². The second kappa shape index (κ2) is 3.71. The van der Waals surface area contributed by atoms with Crippen molar-refractivity contribution in [3.63, 3.8) is 0 Å². The highest BCUT2D eigenvalue weighted by Gasteiger charge is 2.27. The van der Waals surface area contributed by atoms with E-state index in [9.17, 15) is 5.21 Å². The van der Waals surface area contributed by atoms with Crippen LogP contribution < -0.4 is 0 Å². The summed E-state index contributed by atoms with van der Waals surface area (Å²) in [5, 5.41) is 12.2. The summed E-state index contributed by atoms with van der Waals surface area (Å²) >= 11 is 0. The Balaban J connectivity index is 2.79. The van der Waals surface area contributed by atoms with Crippen LogP contribution in [0.25, 0.3) is 0 Å². The summed E-state index contributed by atoms with van der Waals surface area (Å²) in [5.41, 5.74) is 0.829. The highest BCUT2D eigenvalue weighted by Crippen LogP contribution is 2.23. The molecule has 0 fully saturated rings. The second-order valence-electron chi connectivity index (χ2n) is 4.92. The molecule has 2 nitrogen and oxygen atoms in total. The van der Waals surface area contributed by atoms with E-state index in [1.165, 1.54) is 0 Å². The van der Waals surface area contributed by atoms with Gasteiger partial charge >= 0.3 is 0 Å². The van der Waals surface area contributed by atoms with Gasteiger partial charge in [-0.25, -0.2) is 0 Å². The zero-order valence-corrected chi connectivity index (χ0v) is 9.45. The summed E-state index contributed by atoms with van der Waals surface area (Å²) in [6.45, 7) is 6.46. The van der Waals surface area contributed by atoms with E-state index in [-0.39, 0.29) is 10.2 Å². The van der Waals surface area contributed by atoms with Gasteiger partial charge in [0, 0.05) is 5.56 Å². The monoisotopic (exact) mass is 193 g/mol. The van der Waals surface area contributed by atoms with Crippen LogP contribution in [-0.2, 0) is 6.54 Å². The van der Waals surface area contributed by atoms with Gasteiger partial charge in [0.1, 0.15) is 6.54 Å². The summed E-state index contributed by atoms with van der Waals surface area (Å²) in [7, 11) is 1.73. The van der Waals surface area contributed by atoms with Gasteiger partial charge in [-0.05, 0) is 20.8 Å². The normalized spacial score (nSPS) is 16.4. The number of hydroxylamine groups is 3. The van der Waals surface area contributed by atoms with Crippen LogP contribution >= 0.6 is 0 Å². The fourth-order valence-electron chi connectivity index (χ4n) is 1.17. The second-order valence-corrected chi connectivity index (χ2v) is 4.92. The molecule has 0 N–H and O–H groups in total. The minimum Gasteiger partial charge on any atom is -0.632 e. The highest BCUT2D eigenvalue weighted by molar-refractivity contribution is 5.13. The predicted octanol–water partition coefficient (Wildman–Crippen LogP) is 2.93. The van der Waals surface area contributed by atoms with Crippen molar-refractivity contribution in [2.45, 2.75) is 32.9 Å². The van der Waals surface area contributed by atoms with Crippen LogP contribution in [0.5, 0.6) is 0 Å². The Labute approximate surface area is 86.3 Å². The van der Waals surface area contributed by atoms with Gasteiger partial charge in [-0.2, -0.15) is 0 Å². The van der Waals surface area contributed by atoms with Gasteiger partial charge in [0.2, 0.25) is 0 Å². The minimum atomic E-state index is -0.268. The maximum atomic E-state index is 12.2. The predicted molar refractivity (Wildman–Crippen MR) is 59.5 cm³/mol. The molecule has 1 atom stereocenters. The molecule has 0 amide bonds. The molecular formula is C12H19NO. The van der Waals surface area contributed by atoms with Crippen LogP contribution in [-0.4, -0.2) is 17.2 Å². The lowest BCUT2D eigenvalue weighted by molar-refractivity contribution is -0.920. The van der Waals surface area contributed by atoms with Crippen molar-refractivity contribution in [3.05, 3.63) is 41.1 Å². The van der Waals surface area contributed by atoms with E-state index in [4.69, 9.17) is 0 Å². The highest BCUT2D eigenvalue weighted by atomic mass is 16.5. The first kappa shape index (κ1) is 11.2. The van der Waals surface area contributed by atoms with Crippen molar-refractivity contribution >= 4 is 0 Å². The van der Waals surface area contributed by atoms with E-state index in [0.717, 1.165) is 5.56 Å². The van der Waals surface area contributed by atoms with Gasteiger partial charge in [0.05, 0.1) is 12.6 Å². The number of quaternary nitrogens is 1. The molecule has 0 saturated carbocycles. The summed E-state index contributed by atoms with van der Waals surface area (Å²) in [6, 6.07) is 9.91. The Morgan fingerprint density at radius 1 is 1.14 bits per heavy atom. The Hall–Kier alpha value is -0.860. The van der Waals surface area contributed by atoms with Crippen LogP contribution in [0.2, 0.25) is 0 Å². The number of hydrogen-bond donors (Lipinski definition) is 0. The van der Waals surface area contributed by atoms with Gasteiger partial charge in [-0.15, -0.1) is 0 Å². The van der Waals surface area contributed by atoms with Crippen LogP contribution in [0.1, 0.15) is 26.3 Å². The topological polar surface area (TPSA) is 23.1 Å². The smallest absolute Gasteiger partial charge is 0.104 e. The first-order chi connectivity index (χ1) is 6.33. The van der Waals surface area contributed by atoms with Gasteiger partial charge in [-0.3, -0.25) is 0 Å². The first-order valence-electron chi connectivity index (χ1n) is 4.93. The minimum absolute atomic E-state index is 0.239. The van der Waals surface area contributed by atoms with E-state index in [0.29, 0.717) is 6.54 Å². The SMILES string of the molecule is CC(C)(C)[N+](C)([O-])Cc1ccccc1. The Bertz CT molecular complexity index is 285. The summed E-state index contributed by atoms with van der Waals surface area (Å²) in [4.78, 5) is 0. The molecule has 0 bridgehead atoms. The van der Waals surface area contributed by atoms with E-state index in [2.05, 4.69) is 0 Å². The molecule has 0 aliphatic heterocycles. The summed E-state index contributed by atoms with van der Waals surface area (Å²) in [5.74, 6) is 0. The van der Waals surface area contributed by atoms with Crippen molar-refractivity contribution in [3.8, 4) is 0 Å². The largest absolute Gasteiger partial charge is 0.632 e. The van der Waals surface area contributed by atoms with Gasteiger partial charge in [0.15, 0.2) is 0 Å². The van der Waals surface area contributed by atoms with Crippen LogP contribution in [0.15, 0.2) is 30.3 Å². The van der Waals surface area contributed by atoms with Crippen molar-refractivity contribution in [1.82, 2.24) is 0 Å². The van der Waals surface area contributed by atoms with Crippen LogP contribution in [0.4, 0.5) is 0 Å². The van der Waals surface area contributed by atoms with E-state index >= 15 is 0 Å². The van der Waals surface area contributed by atoms with E-state index in [1.807, 2.05) is 51.1 Å². The molecule has 78 valence electrons. The number of benzene rings is 1. The lowest BCUT2D eigenvalue weighted by Crippen LogP contribution is -2.51. The van der Waals surface area contributed by atoms with E-state index in [1.54, 1.807) is 7.05 Å². The van der Waals surface area contributed by atoms with Crippen LogP contribution in [0, 0.1) is 5.21 Å². The molecular weight excluding hydrogens is 174 g/mol. The maximum Gasteiger partial charge on any atom is 0.104 e. The summed E-state index contributed by atoms with van der Waals surface area (Å²) in [6.07, 6.45) is 0. The molecule has 0 heterocycles. The quantitative estimate of drug-likeness (QED) is 0.523. The third-order valence-corrected chi connectivity index (χ3v) is 2.75. The number of nitrogens with zero attached hydrogens (tertiary/aromatic N) is 1. The molecule has 1 rings (SSSR count). The van der Waals surface area contributed by atoms with Gasteiger partial charge in [0.25, 0.3) is 0 Å². The molecule has 14 heavy (non-hydrogen) atoms. The fraction of sp³-hybridized carbons (Fsp3) is 0.500. The third-order valence-electron chi connectivity index (χ3n) is 2.75. The average Bonchev–Trinajstić information content (AvgIpc) is 2.03. The first-order valence-corrected chi connectivity index (χ1v) is 4.93. The summed E-state index contributed by atoms with van der Waals surface area (Å²) < 4.78 is -0.239. The number of rotatable bonds is 2. The molecule has 0 aromatic heterocycles. The molecule has 0 aliphatic carbocycles. The molecule has 1 aromatic rings. The van der Waals surface area contributed by atoms with Crippen molar-refractivity contribution < 1.29 is 4.65 Å². The Kier molecular flexibility index (Phi) is 2.98. The molecule has 0 radical (unpaired) electrons. The van der Waals surface area contributed by atoms with E-state index < -0.39 is 0 Å². The fourth-order valence-corrected chi connectivity index (χ4v) is 1.17. The zero-order valence-electron chi connectivity index (χ0n) is 9.45. The standard InChI is InChI=1S/C12H19NO/c1-12(2,3)13(4,14)10-11-8-6-5-7-9-11/h5-9H,10H2,1-4H3. The molecule has 0 aliphatic rings. The lowest BCUT2D eigenvalue weighted by Gasteiger charge is -2.49. The Morgan fingerprint density at radius 3 is 2.07 bits per heavy atom. The molecule has 0 saturated heterocycles. The molecule has 1 unspecified atom stereocenters. The van der Waals surface area contributed by atoms with Crippen LogP contribution in [0.3, 0.4) is 0 Å². The van der Waals surface area contributed by atoms with Crippen molar-refractivity contribution in [1.29, 1.82) is 0 Å². The molecule has 1 aromatic carbocycles. The maximum absolute atomic E-state index is 12.2. The molecule has 0 spiro atoms. The lowest BCUT2D eigenvalue weighted by atomic mass is 10.0. The zero-order chi connectivity index (χ0) is 10.8. The van der Waals surface area contributed by atoms with Crippen molar-refractivity contribution in [2.24, 2.45) is 0 Å². The van der Waals surface area contributed by atoms with Gasteiger partial charge in [-0.1, -0.05) is 30.3 Å². The Morgan fingerprint density at radius 2 is 1.64 bits per heavy atom. The molecule has 2 heteroatoms. The van der Waals surface area contributed by atoms with Crippen molar-refractivity contribution in [2.75, 3.05) is 7.05 Å².